The number of nitrogens with zero attached hydrogens (tertiary/aromatic N) is 3. The smallest absolute Gasteiger partial charge is 0.228 e. The summed E-state index contributed by atoms with van der Waals surface area (Å²) < 4.78 is 7.45. The van der Waals surface area contributed by atoms with Crippen LogP contribution in [0.25, 0.3) is 11.1 Å². The van der Waals surface area contributed by atoms with Gasteiger partial charge in [0.1, 0.15) is 5.52 Å². The van der Waals surface area contributed by atoms with E-state index in [1.54, 1.807) is 6.92 Å². The van der Waals surface area contributed by atoms with Crippen molar-refractivity contribution in [3.63, 3.8) is 0 Å². The molecule has 2 aromatic heterocycles. The normalized spacial score (nSPS) is 11.4. The lowest BCUT2D eigenvalue weighted by molar-refractivity contribution is -0.115. The van der Waals surface area contributed by atoms with Crippen molar-refractivity contribution in [2.24, 2.45) is 5.92 Å². The molecule has 0 fully saturated rings. The molecule has 3 aromatic rings. The topological polar surface area (TPSA) is 73.0 Å². The summed E-state index contributed by atoms with van der Waals surface area (Å²) in [5.41, 5.74) is 5.15. The van der Waals surface area contributed by atoms with Gasteiger partial charge in [0.2, 0.25) is 5.91 Å². The number of rotatable bonds is 5. The van der Waals surface area contributed by atoms with E-state index in [4.69, 9.17) is 4.42 Å². The maximum Gasteiger partial charge on any atom is 0.228 e. The number of hydrogen-bond donors (Lipinski definition) is 1. The zero-order valence-electron chi connectivity index (χ0n) is 15.4. The summed E-state index contributed by atoms with van der Waals surface area (Å²) in [6, 6.07) is 5.47. The Morgan fingerprint density at radius 1 is 1.28 bits per heavy atom. The Bertz CT molecular complexity index is 921. The Kier molecular flexibility index (Phi) is 4.61. The van der Waals surface area contributed by atoms with Crippen LogP contribution in [0.4, 0.5) is 5.69 Å². The highest BCUT2D eigenvalue weighted by Gasteiger charge is 2.16. The fourth-order valence-electron chi connectivity index (χ4n) is 3.00. The van der Waals surface area contributed by atoms with Gasteiger partial charge in [0.25, 0.3) is 0 Å². The number of anilines is 1. The first-order valence-electron chi connectivity index (χ1n) is 8.53. The van der Waals surface area contributed by atoms with Crippen LogP contribution in [0.1, 0.15) is 36.7 Å². The average molecular weight is 340 g/mol. The molecule has 25 heavy (non-hydrogen) atoms. The first-order valence-corrected chi connectivity index (χ1v) is 8.53. The number of carbonyl (C=O) groups is 1. The fourth-order valence-corrected chi connectivity index (χ4v) is 3.00. The third-order valence-corrected chi connectivity index (χ3v) is 4.19. The summed E-state index contributed by atoms with van der Waals surface area (Å²) in [6.45, 7) is 11.0. The molecule has 0 aliphatic rings. The summed E-state index contributed by atoms with van der Waals surface area (Å²) in [5, 5.41) is 7.51. The van der Waals surface area contributed by atoms with Gasteiger partial charge in [0.05, 0.1) is 12.1 Å². The molecule has 0 bridgehead atoms. The van der Waals surface area contributed by atoms with Crippen LogP contribution in [-0.4, -0.2) is 20.7 Å². The molecule has 132 valence electrons. The van der Waals surface area contributed by atoms with Crippen molar-refractivity contribution in [1.29, 1.82) is 0 Å². The van der Waals surface area contributed by atoms with E-state index >= 15 is 0 Å². The molecule has 0 saturated carbocycles. The Labute approximate surface area is 147 Å². The SMILES string of the molecule is Cc1nc2cc(NC(=O)Cc3c(C)nn(CC(C)C)c3C)ccc2o1. The number of amides is 1. The molecule has 0 aliphatic carbocycles. The van der Waals surface area contributed by atoms with Crippen LogP contribution in [0.3, 0.4) is 0 Å². The van der Waals surface area contributed by atoms with Crippen molar-refractivity contribution in [1.82, 2.24) is 14.8 Å². The van der Waals surface area contributed by atoms with Crippen LogP contribution in [0.2, 0.25) is 0 Å². The van der Waals surface area contributed by atoms with Gasteiger partial charge >= 0.3 is 0 Å². The van der Waals surface area contributed by atoms with E-state index in [2.05, 4.69) is 29.2 Å². The van der Waals surface area contributed by atoms with E-state index in [1.165, 1.54) is 0 Å². The van der Waals surface area contributed by atoms with Gasteiger partial charge in [-0.15, -0.1) is 0 Å². The Balaban J connectivity index is 1.74. The molecule has 0 spiro atoms. The predicted molar refractivity (Wildman–Crippen MR) is 97.6 cm³/mol. The van der Waals surface area contributed by atoms with Gasteiger partial charge in [-0.2, -0.15) is 5.10 Å². The van der Waals surface area contributed by atoms with Gasteiger partial charge < -0.3 is 9.73 Å². The summed E-state index contributed by atoms with van der Waals surface area (Å²) >= 11 is 0. The van der Waals surface area contributed by atoms with Gasteiger partial charge in [0, 0.05) is 30.4 Å². The van der Waals surface area contributed by atoms with E-state index in [0.717, 1.165) is 40.3 Å². The Hall–Kier alpha value is -2.63. The summed E-state index contributed by atoms with van der Waals surface area (Å²) in [4.78, 5) is 16.8. The highest BCUT2D eigenvalue weighted by Crippen LogP contribution is 2.21. The van der Waals surface area contributed by atoms with Crippen LogP contribution in [0.5, 0.6) is 0 Å². The van der Waals surface area contributed by atoms with Gasteiger partial charge in [-0.25, -0.2) is 4.98 Å². The van der Waals surface area contributed by atoms with Crippen molar-refractivity contribution in [2.45, 2.75) is 47.6 Å². The van der Waals surface area contributed by atoms with E-state index < -0.39 is 0 Å². The molecule has 0 saturated heterocycles. The minimum atomic E-state index is -0.0603. The largest absolute Gasteiger partial charge is 0.441 e. The van der Waals surface area contributed by atoms with Crippen LogP contribution < -0.4 is 5.32 Å². The first kappa shape index (κ1) is 17.2. The third-order valence-electron chi connectivity index (χ3n) is 4.19. The summed E-state index contributed by atoms with van der Waals surface area (Å²) in [6.07, 6.45) is 0.311. The molecule has 2 heterocycles. The van der Waals surface area contributed by atoms with Crippen LogP contribution in [-0.2, 0) is 17.8 Å². The van der Waals surface area contributed by atoms with Gasteiger partial charge in [-0.05, 0) is 38.0 Å². The molecule has 0 aliphatic heterocycles. The molecule has 0 atom stereocenters. The number of nitrogens with one attached hydrogen (secondary N) is 1. The molecule has 0 unspecified atom stereocenters. The second-order valence-electron chi connectivity index (χ2n) is 6.87. The lowest BCUT2D eigenvalue weighted by atomic mass is 10.1. The van der Waals surface area contributed by atoms with Crippen LogP contribution >= 0.6 is 0 Å². The second-order valence-corrected chi connectivity index (χ2v) is 6.87. The van der Waals surface area contributed by atoms with E-state index in [9.17, 15) is 4.79 Å². The van der Waals surface area contributed by atoms with Crippen LogP contribution in [0.15, 0.2) is 22.6 Å². The van der Waals surface area contributed by atoms with Crippen molar-refractivity contribution in [3.8, 4) is 0 Å². The molecule has 3 rings (SSSR count). The van der Waals surface area contributed by atoms with Gasteiger partial charge in [-0.3, -0.25) is 9.48 Å². The van der Waals surface area contributed by atoms with Gasteiger partial charge in [0.15, 0.2) is 11.5 Å². The maximum absolute atomic E-state index is 12.5. The molecule has 6 heteroatoms. The van der Waals surface area contributed by atoms with Crippen molar-refractivity contribution in [2.75, 3.05) is 5.32 Å². The zero-order chi connectivity index (χ0) is 18.1. The van der Waals surface area contributed by atoms with Crippen molar-refractivity contribution >= 4 is 22.7 Å². The molecule has 1 amide bonds. The molecule has 1 aromatic carbocycles. The molecular formula is C19H24N4O2. The monoisotopic (exact) mass is 340 g/mol. The summed E-state index contributed by atoms with van der Waals surface area (Å²) in [7, 11) is 0. The van der Waals surface area contributed by atoms with E-state index in [0.29, 0.717) is 18.2 Å². The standard InChI is InChI=1S/C19H24N4O2/c1-11(2)10-23-13(4)16(12(3)22-23)9-19(24)21-15-6-7-18-17(8-15)20-14(5)25-18/h6-8,11H,9-10H2,1-5H3,(H,21,24). The highest BCUT2D eigenvalue weighted by atomic mass is 16.3. The van der Waals surface area contributed by atoms with Crippen LogP contribution in [0, 0.1) is 26.7 Å². The number of carbonyl (C=O) groups excluding carboxylic acids is 1. The Morgan fingerprint density at radius 2 is 2.04 bits per heavy atom. The number of fused-ring (bicyclic) bond motifs is 1. The summed E-state index contributed by atoms with van der Waals surface area (Å²) in [5.74, 6) is 1.06. The number of oxazole rings is 1. The minimum absolute atomic E-state index is 0.0603. The predicted octanol–water partition coefficient (Wildman–Crippen LogP) is 3.79. The average Bonchev–Trinajstić information content (AvgIpc) is 3.00. The van der Waals surface area contributed by atoms with E-state index in [-0.39, 0.29) is 5.91 Å². The van der Waals surface area contributed by atoms with Crippen molar-refractivity contribution in [3.05, 3.63) is 41.0 Å². The Morgan fingerprint density at radius 3 is 2.76 bits per heavy atom. The van der Waals surface area contributed by atoms with Gasteiger partial charge in [-0.1, -0.05) is 13.8 Å². The number of aromatic nitrogens is 3. The minimum Gasteiger partial charge on any atom is -0.441 e. The number of benzene rings is 1. The first-order chi connectivity index (χ1) is 11.8. The molecule has 1 N–H and O–H groups in total. The lowest BCUT2D eigenvalue weighted by Gasteiger charge is -2.08. The zero-order valence-corrected chi connectivity index (χ0v) is 15.4. The number of hydrogen-bond acceptors (Lipinski definition) is 4. The lowest BCUT2D eigenvalue weighted by Crippen LogP contribution is -2.15. The van der Waals surface area contributed by atoms with E-state index in [1.807, 2.05) is 36.7 Å². The highest BCUT2D eigenvalue weighted by molar-refractivity contribution is 5.94. The molecular weight excluding hydrogens is 316 g/mol. The maximum atomic E-state index is 12.5. The quantitative estimate of drug-likeness (QED) is 0.767. The van der Waals surface area contributed by atoms with Crippen molar-refractivity contribution < 1.29 is 9.21 Å². The second kappa shape index (κ2) is 6.70. The number of aryl methyl sites for hydroxylation is 2. The molecule has 0 radical (unpaired) electrons. The third kappa shape index (κ3) is 3.73. The fraction of sp³-hybridized carbons (Fsp3) is 0.421. The molecule has 6 nitrogen and oxygen atoms in total.